The molecule has 5 rings (SSSR count). The maximum absolute atomic E-state index is 12.0. The van der Waals surface area contributed by atoms with Gasteiger partial charge in [-0.2, -0.15) is 0 Å². The summed E-state index contributed by atoms with van der Waals surface area (Å²) in [7, 11) is 0. The van der Waals surface area contributed by atoms with Gasteiger partial charge in [0.2, 0.25) is 0 Å². The molecule has 3 aliphatic rings. The van der Waals surface area contributed by atoms with Gasteiger partial charge in [-0.3, -0.25) is 14.9 Å². The lowest BCUT2D eigenvalue weighted by Gasteiger charge is -2.39. The first-order chi connectivity index (χ1) is 17.7. The average molecular weight is 505 g/mol. The molecule has 3 amide bonds. The second kappa shape index (κ2) is 11.4. The molecule has 0 atom stereocenters. The molecule has 0 aromatic heterocycles. The van der Waals surface area contributed by atoms with Gasteiger partial charge in [0.05, 0.1) is 0 Å². The van der Waals surface area contributed by atoms with Crippen LogP contribution in [-0.2, 0) is 9.59 Å². The van der Waals surface area contributed by atoms with Gasteiger partial charge in [-0.15, -0.1) is 0 Å². The van der Waals surface area contributed by atoms with Gasteiger partial charge in [0.25, 0.3) is 5.91 Å². The largest absolute Gasteiger partial charge is 0.371 e. The van der Waals surface area contributed by atoms with Crippen LogP contribution in [0.1, 0.15) is 76.3 Å². The third kappa shape index (κ3) is 5.97. The molecule has 2 aromatic carbocycles. The second-order valence-corrected chi connectivity index (χ2v) is 10.9. The fourth-order valence-corrected chi connectivity index (χ4v) is 5.53. The number of piperidine rings is 2. The summed E-state index contributed by atoms with van der Waals surface area (Å²) in [6.07, 6.45) is 2.70. The van der Waals surface area contributed by atoms with E-state index < -0.39 is 5.54 Å². The molecule has 0 radical (unpaired) electrons. The molecule has 0 aliphatic carbocycles. The molecule has 3 fully saturated rings. The molecule has 7 heteroatoms. The number of carbonyl (C=O) groups is 3. The van der Waals surface area contributed by atoms with Crippen LogP contribution >= 0.6 is 0 Å². The summed E-state index contributed by atoms with van der Waals surface area (Å²) < 4.78 is 0. The number of urea groups is 1. The highest BCUT2D eigenvalue weighted by Gasteiger charge is 2.48. The zero-order valence-electron chi connectivity index (χ0n) is 22.5. The summed E-state index contributed by atoms with van der Waals surface area (Å²) in [5.74, 6) is 1.22. The zero-order chi connectivity index (χ0) is 26.6. The highest BCUT2D eigenvalue weighted by molar-refractivity contribution is 6.07. The number of ketones is 1. The Labute approximate surface area is 220 Å². The van der Waals surface area contributed by atoms with Crippen molar-refractivity contribution in [3.63, 3.8) is 0 Å². The minimum absolute atomic E-state index is 0.177. The van der Waals surface area contributed by atoms with Crippen molar-refractivity contribution in [3.05, 3.63) is 59.7 Å². The molecule has 3 saturated heterocycles. The molecule has 7 nitrogen and oxygen atoms in total. The van der Waals surface area contributed by atoms with Crippen LogP contribution in [0.4, 0.5) is 16.2 Å². The third-order valence-corrected chi connectivity index (χ3v) is 7.75. The van der Waals surface area contributed by atoms with Crippen molar-refractivity contribution in [1.29, 1.82) is 0 Å². The van der Waals surface area contributed by atoms with Gasteiger partial charge in [-0.05, 0) is 47.9 Å². The smallest absolute Gasteiger partial charge is 0.322 e. The Balaban J connectivity index is 0.000000180. The summed E-state index contributed by atoms with van der Waals surface area (Å²) in [5, 5.41) is 5.16. The summed E-state index contributed by atoms with van der Waals surface area (Å²) in [5.41, 5.74) is 4.57. The van der Waals surface area contributed by atoms with E-state index in [0.717, 1.165) is 26.2 Å². The van der Waals surface area contributed by atoms with Crippen molar-refractivity contribution < 1.29 is 14.4 Å². The first kappa shape index (κ1) is 26.7. The number of anilines is 2. The van der Waals surface area contributed by atoms with E-state index in [9.17, 15) is 14.4 Å². The first-order valence-electron chi connectivity index (χ1n) is 13.5. The molecule has 37 heavy (non-hydrogen) atoms. The van der Waals surface area contributed by atoms with Gasteiger partial charge in [0.15, 0.2) is 0 Å². The highest BCUT2D eigenvalue weighted by Crippen LogP contribution is 2.33. The van der Waals surface area contributed by atoms with Gasteiger partial charge in [-0.1, -0.05) is 64.1 Å². The van der Waals surface area contributed by atoms with E-state index >= 15 is 0 Å². The minimum Gasteiger partial charge on any atom is -0.371 e. The lowest BCUT2D eigenvalue weighted by atomic mass is 9.87. The number of benzene rings is 2. The van der Waals surface area contributed by atoms with Crippen LogP contribution in [-0.4, -0.2) is 49.4 Å². The maximum atomic E-state index is 12.0. The number of para-hydroxylation sites is 2. The van der Waals surface area contributed by atoms with Crippen LogP contribution < -0.4 is 20.4 Å². The summed E-state index contributed by atoms with van der Waals surface area (Å²) in [6, 6.07) is 16.6. The molecule has 3 aliphatic heterocycles. The molecular formula is C30H40N4O3. The normalized spacial score (nSPS) is 19.1. The molecule has 0 saturated carbocycles. The van der Waals surface area contributed by atoms with Crippen molar-refractivity contribution in [3.8, 4) is 0 Å². The summed E-state index contributed by atoms with van der Waals surface area (Å²) >= 11 is 0. The Morgan fingerprint density at radius 3 is 1.59 bits per heavy atom. The van der Waals surface area contributed by atoms with Crippen molar-refractivity contribution in [2.24, 2.45) is 0 Å². The van der Waals surface area contributed by atoms with E-state index in [0.29, 0.717) is 43.3 Å². The lowest BCUT2D eigenvalue weighted by molar-refractivity contribution is -0.124. The number of carbonyl (C=O) groups excluding carboxylic acids is 3. The van der Waals surface area contributed by atoms with E-state index in [1.807, 2.05) is 0 Å². The van der Waals surface area contributed by atoms with Crippen LogP contribution in [0.25, 0.3) is 0 Å². The SMILES string of the molecule is CC(C)c1ccccc1N1CCC(=O)CC1.CC(C)c1ccccc1N1CCC2(CC1)NC(=O)NC2=O. The number of hydrogen-bond donors (Lipinski definition) is 2. The average Bonchev–Trinajstić information content (AvgIpc) is 3.17. The van der Waals surface area contributed by atoms with Gasteiger partial charge >= 0.3 is 6.03 Å². The van der Waals surface area contributed by atoms with Crippen molar-refractivity contribution in [2.45, 2.75) is 70.8 Å². The fourth-order valence-electron chi connectivity index (χ4n) is 5.53. The van der Waals surface area contributed by atoms with Crippen LogP contribution in [0.15, 0.2) is 48.5 Å². The predicted octanol–water partition coefficient (Wildman–Crippen LogP) is 4.97. The van der Waals surface area contributed by atoms with Crippen molar-refractivity contribution >= 4 is 29.1 Å². The number of Topliss-reactive ketones (excluding diaryl/α,β-unsaturated/α-hetero) is 1. The molecular weight excluding hydrogens is 464 g/mol. The molecule has 2 aromatic rings. The monoisotopic (exact) mass is 504 g/mol. The Kier molecular flexibility index (Phi) is 8.20. The fraction of sp³-hybridized carbons (Fsp3) is 0.500. The Bertz CT molecular complexity index is 1130. The van der Waals surface area contributed by atoms with Crippen LogP contribution in [0.5, 0.6) is 0 Å². The van der Waals surface area contributed by atoms with E-state index in [1.54, 1.807) is 0 Å². The Hall–Kier alpha value is -3.35. The van der Waals surface area contributed by atoms with Crippen LogP contribution in [0, 0.1) is 0 Å². The molecule has 0 bridgehead atoms. The number of hydrogen-bond acceptors (Lipinski definition) is 5. The quantitative estimate of drug-likeness (QED) is 0.575. The van der Waals surface area contributed by atoms with Gasteiger partial charge in [0.1, 0.15) is 11.3 Å². The number of nitrogens with one attached hydrogen (secondary N) is 2. The van der Waals surface area contributed by atoms with Crippen molar-refractivity contribution in [2.75, 3.05) is 36.0 Å². The van der Waals surface area contributed by atoms with Gasteiger partial charge in [0, 0.05) is 50.4 Å². The molecule has 1 spiro atoms. The minimum atomic E-state index is -0.694. The summed E-state index contributed by atoms with van der Waals surface area (Å²) in [4.78, 5) is 39.2. The van der Waals surface area contributed by atoms with E-state index in [-0.39, 0.29) is 11.9 Å². The van der Waals surface area contributed by atoms with Gasteiger partial charge in [-0.25, -0.2) is 4.79 Å². The number of nitrogens with zero attached hydrogens (tertiary/aromatic N) is 2. The van der Waals surface area contributed by atoms with Crippen molar-refractivity contribution in [1.82, 2.24) is 10.6 Å². The molecule has 2 N–H and O–H groups in total. The number of rotatable bonds is 4. The summed E-state index contributed by atoms with van der Waals surface area (Å²) in [6.45, 7) is 12.1. The zero-order valence-corrected chi connectivity index (χ0v) is 22.5. The molecule has 0 unspecified atom stereocenters. The first-order valence-corrected chi connectivity index (χ1v) is 13.5. The van der Waals surface area contributed by atoms with E-state index in [1.165, 1.54) is 22.5 Å². The van der Waals surface area contributed by atoms with Crippen LogP contribution in [0.3, 0.4) is 0 Å². The highest BCUT2D eigenvalue weighted by atomic mass is 16.2. The van der Waals surface area contributed by atoms with Crippen LogP contribution in [0.2, 0.25) is 0 Å². The van der Waals surface area contributed by atoms with E-state index in [2.05, 4.69) is 96.7 Å². The lowest BCUT2D eigenvalue weighted by Crippen LogP contribution is -2.55. The standard InChI is InChI=1S/C16H21N3O2.C14H19NO/c1-11(2)12-5-3-4-6-13(12)19-9-7-16(8-10-19)14(20)17-15(21)18-16;1-11(2)13-5-3-4-6-14(13)15-9-7-12(16)8-10-15/h3-6,11H,7-10H2,1-2H3,(H2,17,18,20,21);3-6,11H,7-10H2,1-2H3. The second-order valence-electron chi connectivity index (χ2n) is 10.9. The number of imide groups is 1. The third-order valence-electron chi connectivity index (χ3n) is 7.75. The molecule has 198 valence electrons. The Morgan fingerprint density at radius 2 is 1.16 bits per heavy atom. The molecule has 3 heterocycles. The van der Waals surface area contributed by atoms with Gasteiger partial charge < -0.3 is 15.1 Å². The Morgan fingerprint density at radius 1 is 0.703 bits per heavy atom. The maximum Gasteiger partial charge on any atom is 0.322 e. The topological polar surface area (TPSA) is 81.8 Å². The number of amides is 3. The van der Waals surface area contributed by atoms with E-state index in [4.69, 9.17) is 0 Å². The predicted molar refractivity (Wildman–Crippen MR) is 148 cm³/mol.